The van der Waals surface area contributed by atoms with Gasteiger partial charge in [-0.25, -0.2) is 0 Å². The van der Waals surface area contributed by atoms with Crippen LogP contribution in [0, 0.1) is 0 Å². The quantitative estimate of drug-likeness (QED) is 0.745. The summed E-state index contributed by atoms with van der Waals surface area (Å²) in [6.07, 6.45) is 1.65. The van der Waals surface area contributed by atoms with Crippen LogP contribution in [-0.4, -0.2) is 17.6 Å². The van der Waals surface area contributed by atoms with Crippen molar-refractivity contribution in [2.75, 3.05) is 12.4 Å². The maximum Gasteiger partial charge on any atom is 0.263 e. The molecule has 3 aromatic rings. The van der Waals surface area contributed by atoms with E-state index in [1.54, 1.807) is 48.7 Å². The highest BCUT2D eigenvalue weighted by molar-refractivity contribution is 6.30. The second kappa shape index (κ2) is 7.89. The third-order valence-corrected chi connectivity index (χ3v) is 4.14. The van der Waals surface area contributed by atoms with E-state index in [2.05, 4.69) is 5.32 Å². The molecule has 0 aliphatic carbocycles. The lowest BCUT2D eigenvalue weighted by molar-refractivity contribution is 0.102. The average molecular weight is 369 g/mol. The van der Waals surface area contributed by atoms with Crippen molar-refractivity contribution < 1.29 is 9.53 Å². The second-order valence-corrected chi connectivity index (χ2v) is 6.07. The normalized spacial score (nSPS) is 10.4. The number of hydrogen-bond donors (Lipinski definition) is 1. The number of methoxy groups -OCH3 is 1. The maximum absolute atomic E-state index is 12.7. The minimum absolute atomic E-state index is 0.0624. The van der Waals surface area contributed by atoms with Gasteiger partial charge in [0.05, 0.1) is 19.3 Å². The number of nitrogens with one attached hydrogen (secondary N) is 1. The lowest BCUT2D eigenvalue weighted by Gasteiger charge is -2.11. The van der Waals surface area contributed by atoms with Crippen molar-refractivity contribution in [2.45, 2.75) is 6.54 Å². The number of benzene rings is 2. The Labute approximate surface area is 155 Å². The van der Waals surface area contributed by atoms with Crippen LogP contribution in [0.3, 0.4) is 0 Å². The summed E-state index contributed by atoms with van der Waals surface area (Å²) >= 11 is 5.88. The summed E-state index contributed by atoms with van der Waals surface area (Å²) in [4.78, 5) is 25.2. The first-order valence-corrected chi connectivity index (χ1v) is 8.34. The third kappa shape index (κ3) is 3.95. The van der Waals surface area contributed by atoms with Gasteiger partial charge in [-0.1, -0.05) is 35.9 Å². The van der Waals surface area contributed by atoms with E-state index >= 15 is 0 Å². The zero-order valence-electron chi connectivity index (χ0n) is 14.1. The first-order chi connectivity index (χ1) is 12.6. The SMILES string of the molecule is COc1ccccc1NC(=O)c1cccn(Cc2ccc(Cl)cc2)c1=O. The molecule has 3 rings (SSSR count). The lowest BCUT2D eigenvalue weighted by Crippen LogP contribution is -2.29. The first kappa shape index (κ1) is 17.8. The van der Waals surface area contributed by atoms with Gasteiger partial charge in [-0.05, 0) is 42.0 Å². The van der Waals surface area contributed by atoms with E-state index in [0.717, 1.165) is 5.56 Å². The Bertz CT molecular complexity index is 981. The van der Waals surface area contributed by atoms with E-state index in [0.29, 0.717) is 23.0 Å². The molecule has 0 unspecified atom stereocenters. The van der Waals surface area contributed by atoms with Crippen LogP contribution >= 0.6 is 11.6 Å². The minimum atomic E-state index is -0.482. The standard InChI is InChI=1S/C20H17ClN2O3/c1-26-18-7-3-2-6-17(18)22-19(24)16-5-4-12-23(20(16)25)13-14-8-10-15(21)11-9-14/h2-12H,13H2,1H3,(H,22,24). The van der Waals surface area contributed by atoms with Crippen LogP contribution < -0.4 is 15.6 Å². The van der Waals surface area contributed by atoms with Crippen molar-refractivity contribution >= 4 is 23.2 Å². The molecule has 0 aliphatic heterocycles. The summed E-state index contributed by atoms with van der Waals surface area (Å²) in [6, 6.07) is 17.4. The van der Waals surface area contributed by atoms with E-state index in [1.807, 2.05) is 12.1 Å². The summed E-state index contributed by atoms with van der Waals surface area (Å²) in [5.41, 5.74) is 1.12. The number of aromatic nitrogens is 1. The summed E-state index contributed by atoms with van der Waals surface area (Å²) < 4.78 is 6.70. The zero-order chi connectivity index (χ0) is 18.5. The molecule has 1 heterocycles. The zero-order valence-corrected chi connectivity index (χ0v) is 14.9. The molecule has 2 aromatic carbocycles. The minimum Gasteiger partial charge on any atom is -0.495 e. The van der Waals surface area contributed by atoms with Gasteiger partial charge < -0.3 is 14.6 Å². The summed E-state index contributed by atoms with van der Waals surface area (Å²) in [6.45, 7) is 0.353. The molecule has 0 saturated carbocycles. The van der Waals surface area contributed by atoms with Gasteiger partial charge in [-0.15, -0.1) is 0 Å². The van der Waals surface area contributed by atoms with Crippen LogP contribution in [-0.2, 0) is 6.54 Å². The number of amides is 1. The molecule has 1 N–H and O–H groups in total. The molecule has 0 aliphatic rings. The summed E-state index contributed by atoms with van der Waals surface area (Å²) in [5.74, 6) is 0.0447. The number of rotatable bonds is 5. The van der Waals surface area contributed by atoms with Crippen molar-refractivity contribution in [1.82, 2.24) is 4.57 Å². The van der Waals surface area contributed by atoms with Crippen molar-refractivity contribution in [1.29, 1.82) is 0 Å². The van der Waals surface area contributed by atoms with Gasteiger partial charge in [0.1, 0.15) is 11.3 Å². The molecule has 0 radical (unpaired) electrons. The molecular weight excluding hydrogens is 352 g/mol. The number of ether oxygens (including phenoxy) is 1. The molecule has 26 heavy (non-hydrogen) atoms. The Morgan fingerprint density at radius 1 is 1.08 bits per heavy atom. The number of pyridine rings is 1. The maximum atomic E-state index is 12.7. The fourth-order valence-corrected chi connectivity index (χ4v) is 2.68. The summed E-state index contributed by atoms with van der Waals surface area (Å²) in [5, 5.41) is 3.35. The number of nitrogens with zero attached hydrogens (tertiary/aromatic N) is 1. The smallest absolute Gasteiger partial charge is 0.263 e. The van der Waals surface area contributed by atoms with Crippen LogP contribution in [0.4, 0.5) is 5.69 Å². The molecule has 1 amide bonds. The molecule has 6 heteroatoms. The van der Waals surface area contributed by atoms with Gasteiger partial charge in [0.25, 0.3) is 11.5 Å². The highest BCUT2D eigenvalue weighted by atomic mass is 35.5. The Balaban J connectivity index is 1.85. The largest absolute Gasteiger partial charge is 0.495 e. The molecule has 0 atom stereocenters. The fourth-order valence-electron chi connectivity index (χ4n) is 2.56. The van der Waals surface area contributed by atoms with Crippen molar-refractivity contribution in [3.8, 4) is 5.75 Å². The van der Waals surface area contributed by atoms with Gasteiger partial charge >= 0.3 is 0 Å². The predicted molar refractivity (Wildman–Crippen MR) is 102 cm³/mol. The molecular formula is C20H17ClN2O3. The Morgan fingerprint density at radius 3 is 2.54 bits per heavy atom. The van der Waals surface area contributed by atoms with E-state index in [9.17, 15) is 9.59 Å². The lowest BCUT2D eigenvalue weighted by atomic mass is 10.2. The van der Waals surface area contributed by atoms with Crippen LogP contribution in [0.1, 0.15) is 15.9 Å². The van der Waals surface area contributed by atoms with Gasteiger partial charge in [0.15, 0.2) is 0 Å². The number of halogens is 1. The van der Waals surface area contributed by atoms with Gasteiger partial charge in [0, 0.05) is 11.2 Å². The van der Waals surface area contributed by atoms with Gasteiger partial charge in [0.2, 0.25) is 0 Å². The predicted octanol–water partition coefficient (Wildman–Crippen LogP) is 3.81. The monoisotopic (exact) mass is 368 g/mol. The number of carbonyl (C=O) groups is 1. The van der Waals surface area contributed by atoms with Crippen LogP contribution in [0.25, 0.3) is 0 Å². The van der Waals surface area contributed by atoms with E-state index in [-0.39, 0.29) is 11.1 Å². The van der Waals surface area contributed by atoms with Gasteiger partial charge in [-0.2, -0.15) is 0 Å². The third-order valence-electron chi connectivity index (χ3n) is 3.89. The van der Waals surface area contributed by atoms with Gasteiger partial charge in [-0.3, -0.25) is 9.59 Å². The number of anilines is 1. The number of carbonyl (C=O) groups excluding carboxylic acids is 1. The highest BCUT2D eigenvalue weighted by Crippen LogP contribution is 2.23. The van der Waals surface area contributed by atoms with Crippen LogP contribution in [0.15, 0.2) is 71.7 Å². The molecule has 0 bridgehead atoms. The second-order valence-electron chi connectivity index (χ2n) is 5.64. The van der Waals surface area contributed by atoms with E-state index in [1.165, 1.54) is 17.7 Å². The Hall–Kier alpha value is -3.05. The van der Waals surface area contributed by atoms with E-state index in [4.69, 9.17) is 16.3 Å². The molecule has 132 valence electrons. The molecule has 0 fully saturated rings. The van der Waals surface area contributed by atoms with E-state index < -0.39 is 5.91 Å². The van der Waals surface area contributed by atoms with Crippen molar-refractivity contribution in [3.63, 3.8) is 0 Å². The average Bonchev–Trinajstić information content (AvgIpc) is 2.65. The molecule has 0 saturated heterocycles. The van der Waals surface area contributed by atoms with Crippen molar-refractivity contribution in [2.24, 2.45) is 0 Å². The molecule has 1 aromatic heterocycles. The van der Waals surface area contributed by atoms with Crippen LogP contribution in [0.5, 0.6) is 5.75 Å². The Morgan fingerprint density at radius 2 is 1.81 bits per heavy atom. The Kier molecular flexibility index (Phi) is 5.39. The summed E-state index contributed by atoms with van der Waals surface area (Å²) in [7, 11) is 1.52. The first-order valence-electron chi connectivity index (χ1n) is 7.97. The molecule has 0 spiro atoms. The number of hydrogen-bond acceptors (Lipinski definition) is 3. The number of para-hydroxylation sites is 2. The molecule has 5 nitrogen and oxygen atoms in total. The van der Waals surface area contributed by atoms with Crippen molar-refractivity contribution in [3.05, 3.63) is 93.4 Å². The van der Waals surface area contributed by atoms with Crippen LogP contribution in [0.2, 0.25) is 5.02 Å². The highest BCUT2D eigenvalue weighted by Gasteiger charge is 2.14. The fraction of sp³-hybridized carbons (Fsp3) is 0.100. The topological polar surface area (TPSA) is 60.3 Å².